The molecule has 0 bridgehead atoms. The second-order valence-corrected chi connectivity index (χ2v) is 8.32. The molecule has 27 heavy (non-hydrogen) atoms. The Kier molecular flexibility index (Phi) is 6.06. The maximum absolute atomic E-state index is 12.4. The predicted octanol–water partition coefficient (Wildman–Crippen LogP) is 4.58. The molecule has 0 radical (unpaired) electrons. The molecule has 0 fully saturated rings. The molecular formula is C19H17N5OS2. The van der Waals surface area contributed by atoms with Gasteiger partial charge in [-0.3, -0.25) is 4.79 Å². The minimum atomic E-state index is -0.333. The van der Waals surface area contributed by atoms with Crippen molar-refractivity contribution < 1.29 is 4.79 Å². The Balaban J connectivity index is 1.58. The van der Waals surface area contributed by atoms with Gasteiger partial charge >= 0.3 is 0 Å². The van der Waals surface area contributed by atoms with Crippen molar-refractivity contribution in [2.75, 3.05) is 10.6 Å². The van der Waals surface area contributed by atoms with Gasteiger partial charge < -0.3 is 10.6 Å². The van der Waals surface area contributed by atoms with Gasteiger partial charge in [0.25, 0.3) is 0 Å². The number of carbonyl (C=O) groups is 1. The van der Waals surface area contributed by atoms with Crippen molar-refractivity contribution in [1.29, 1.82) is 5.26 Å². The average Bonchev–Trinajstić information content (AvgIpc) is 3.11. The number of carbonyl (C=O) groups excluding carboxylic acids is 1. The third kappa shape index (κ3) is 5.06. The largest absolute Gasteiger partial charge is 0.330 e. The second kappa shape index (κ2) is 8.66. The van der Waals surface area contributed by atoms with Gasteiger partial charge in [0, 0.05) is 11.4 Å². The van der Waals surface area contributed by atoms with Gasteiger partial charge in [0.15, 0.2) is 4.34 Å². The highest BCUT2D eigenvalue weighted by molar-refractivity contribution is 8.02. The molecule has 0 aliphatic carbocycles. The zero-order valence-corrected chi connectivity index (χ0v) is 16.4. The van der Waals surface area contributed by atoms with Crippen molar-refractivity contribution in [3.8, 4) is 6.07 Å². The molecule has 0 saturated heterocycles. The number of hydrogen-bond donors (Lipinski definition) is 2. The van der Waals surface area contributed by atoms with Gasteiger partial charge in [0.05, 0.1) is 16.9 Å². The molecule has 1 atom stereocenters. The molecular weight excluding hydrogens is 378 g/mol. The number of para-hydroxylation sites is 1. The fourth-order valence-corrected chi connectivity index (χ4v) is 4.12. The molecule has 6 nitrogen and oxygen atoms in total. The lowest BCUT2D eigenvalue weighted by Crippen LogP contribution is -2.22. The summed E-state index contributed by atoms with van der Waals surface area (Å²) in [6.07, 6.45) is 0. The van der Waals surface area contributed by atoms with E-state index in [0.717, 1.165) is 11.3 Å². The fourth-order valence-electron chi connectivity index (χ4n) is 2.21. The van der Waals surface area contributed by atoms with E-state index >= 15 is 0 Å². The topological polar surface area (TPSA) is 90.7 Å². The number of anilines is 3. The van der Waals surface area contributed by atoms with Crippen LogP contribution in [0.25, 0.3) is 0 Å². The smallest absolute Gasteiger partial charge is 0.237 e. The number of amides is 1. The lowest BCUT2D eigenvalue weighted by molar-refractivity contribution is -0.115. The highest BCUT2D eigenvalue weighted by Gasteiger charge is 2.17. The molecule has 2 aromatic carbocycles. The summed E-state index contributed by atoms with van der Waals surface area (Å²) < 4.78 is 0.716. The first kappa shape index (κ1) is 18.9. The van der Waals surface area contributed by atoms with Crippen molar-refractivity contribution in [1.82, 2.24) is 10.2 Å². The molecule has 3 aromatic rings. The molecule has 2 N–H and O–H groups in total. The number of aromatic nitrogens is 2. The number of nitriles is 1. The number of benzene rings is 2. The summed E-state index contributed by atoms with van der Waals surface area (Å²) in [5, 5.41) is 23.5. The Morgan fingerprint density at radius 1 is 1.19 bits per heavy atom. The van der Waals surface area contributed by atoms with Crippen molar-refractivity contribution in [3.63, 3.8) is 0 Å². The maximum Gasteiger partial charge on any atom is 0.237 e. The zero-order valence-electron chi connectivity index (χ0n) is 14.8. The van der Waals surface area contributed by atoms with Crippen LogP contribution in [0.15, 0.2) is 52.9 Å². The summed E-state index contributed by atoms with van der Waals surface area (Å²) in [5.74, 6) is -0.131. The quantitative estimate of drug-likeness (QED) is 0.594. The van der Waals surface area contributed by atoms with Crippen molar-refractivity contribution in [3.05, 3.63) is 59.7 Å². The second-order valence-electron chi connectivity index (χ2n) is 5.75. The van der Waals surface area contributed by atoms with Gasteiger partial charge in [0.1, 0.15) is 0 Å². The summed E-state index contributed by atoms with van der Waals surface area (Å²) >= 11 is 2.76. The first-order chi connectivity index (χ1) is 13.0. The monoisotopic (exact) mass is 395 g/mol. The highest BCUT2D eigenvalue weighted by atomic mass is 32.2. The van der Waals surface area contributed by atoms with Crippen LogP contribution in [0.5, 0.6) is 0 Å². The Morgan fingerprint density at radius 2 is 1.93 bits per heavy atom. The van der Waals surface area contributed by atoms with E-state index in [1.54, 1.807) is 24.3 Å². The summed E-state index contributed by atoms with van der Waals surface area (Å²) in [5.41, 5.74) is 3.32. The molecule has 1 aromatic heterocycles. The van der Waals surface area contributed by atoms with E-state index < -0.39 is 0 Å². The van der Waals surface area contributed by atoms with E-state index in [0.29, 0.717) is 20.7 Å². The van der Waals surface area contributed by atoms with E-state index in [9.17, 15) is 4.79 Å². The van der Waals surface area contributed by atoms with Crippen LogP contribution in [-0.2, 0) is 4.79 Å². The van der Waals surface area contributed by atoms with E-state index in [1.165, 1.54) is 23.1 Å². The van der Waals surface area contributed by atoms with Crippen LogP contribution in [0, 0.1) is 18.3 Å². The first-order valence-corrected chi connectivity index (χ1v) is 9.88. The van der Waals surface area contributed by atoms with Crippen LogP contribution in [0.4, 0.5) is 16.5 Å². The summed E-state index contributed by atoms with van der Waals surface area (Å²) in [7, 11) is 0. The number of aryl methyl sites for hydroxylation is 1. The predicted molar refractivity (Wildman–Crippen MR) is 109 cm³/mol. The Labute approximate surface area is 165 Å². The summed E-state index contributed by atoms with van der Waals surface area (Å²) in [6, 6.07) is 16.8. The Bertz CT molecular complexity index is 978. The van der Waals surface area contributed by atoms with E-state index in [-0.39, 0.29) is 11.2 Å². The molecule has 0 unspecified atom stereocenters. The molecule has 0 saturated carbocycles. The van der Waals surface area contributed by atoms with E-state index in [2.05, 4.69) is 20.8 Å². The van der Waals surface area contributed by atoms with Crippen molar-refractivity contribution >= 4 is 45.5 Å². The number of nitrogens with one attached hydrogen (secondary N) is 2. The lowest BCUT2D eigenvalue weighted by atomic mass is 10.2. The van der Waals surface area contributed by atoms with E-state index in [1.807, 2.05) is 44.2 Å². The minimum absolute atomic E-state index is 0.131. The Hall–Kier alpha value is -2.89. The van der Waals surface area contributed by atoms with Crippen LogP contribution in [-0.4, -0.2) is 21.4 Å². The Morgan fingerprint density at radius 3 is 2.63 bits per heavy atom. The van der Waals surface area contributed by atoms with E-state index in [4.69, 9.17) is 5.26 Å². The van der Waals surface area contributed by atoms with Gasteiger partial charge in [0.2, 0.25) is 11.0 Å². The van der Waals surface area contributed by atoms with Crippen molar-refractivity contribution in [2.24, 2.45) is 0 Å². The average molecular weight is 396 g/mol. The molecule has 1 heterocycles. The number of thioether (sulfide) groups is 1. The summed E-state index contributed by atoms with van der Waals surface area (Å²) in [6.45, 7) is 3.84. The summed E-state index contributed by atoms with van der Waals surface area (Å²) in [4.78, 5) is 12.4. The zero-order chi connectivity index (χ0) is 19.2. The number of hydrogen-bond acceptors (Lipinski definition) is 7. The first-order valence-electron chi connectivity index (χ1n) is 8.19. The molecule has 1 amide bonds. The number of nitrogens with zero attached hydrogens (tertiary/aromatic N) is 3. The van der Waals surface area contributed by atoms with Gasteiger partial charge in [-0.1, -0.05) is 41.3 Å². The SMILES string of the molecule is Cc1ccccc1Nc1nnc(S[C@H](C)C(=O)Nc2ccc(C#N)cc2)s1. The van der Waals surface area contributed by atoms with Crippen LogP contribution >= 0.6 is 23.1 Å². The molecule has 136 valence electrons. The van der Waals surface area contributed by atoms with Crippen LogP contribution in [0.1, 0.15) is 18.1 Å². The molecule has 0 spiro atoms. The minimum Gasteiger partial charge on any atom is -0.330 e. The molecule has 0 aliphatic heterocycles. The van der Waals surface area contributed by atoms with Crippen LogP contribution in [0.2, 0.25) is 0 Å². The van der Waals surface area contributed by atoms with Gasteiger partial charge in [-0.2, -0.15) is 5.26 Å². The molecule has 8 heteroatoms. The van der Waals surface area contributed by atoms with Gasteiger partial charge in [-0.15, -0.1) is 10.2 Å². The third-order valence-corrected chi connectivity index (χ3v) is 5.74. The lowest BCUT2D eigenvalue weighted by Gasteiger charge is -2.10. The molecule has 0 aliphatic rings. The number of rotatable bonds is 6. The fraction of sp³-hybridized carbons (Fsp3) is 0.158. The van der Waals surface area contributed by atoms with Gasteiger partial charge in [-0.05, 0) is 49.7 Å². The standard InChI is InChI=1S/C19H17N5OS2/c1-12-5-3-4-6-16(12)22-18-23-24-19(27-18)26-13(2)17(25)21-15-9-7-14(11-20)8-10-15/h3-10,13H,1-2H3,(H,21,25)(H,22,23)/t13-/m1/s1. The van der Waals surface area contributed by atoms with Crippen LogP contribution in [0.3, 0.4) is 0 Å². The normalized spacial score (nSPS) is 11.4. The van der Waals surface area contributed by atoms with Crippen LogP contribution < -0.4 is 10.6 Å². The van der Waals surface area contributed by atoms with Crippen molar-refractivity contribution in [2.45, 2.75) is 23.4 Å². The third-order valence-electron chi connectivity index (χ3n) is 3.72. The maximum atomic E-state index is 12.4. The molecule has 3 rings (SSSR count). The van der Waals surface area contributed by atoms with Gasteiger partial charge in [-0.25, -0.2) is 0 Å². The highest BCUT2D eigenvalue weighted by Crippen LogP contribution is 2.31.